The van der Waals surface area contributed by atoms with Crippen molar-refractivity contribution in [1.29, 1.82) is 0 Å². The Labute approximate surface area is 122 Å². The van der Waals surface area contributed by atoms with Crippen molar-refractivity contribution in [2.24, 2.45) is 0 Å². The Hall–Kier alpha value is -1.88. The molecule has 1 aliphatic carbocycles. The number of carbonyl (C=O) groups excluding carboxylic acids is 1. The predicted molar refractivity (Wildman–Crippen MR) is 79.6 cm³/mol. The Bertz CT molecular complexity index is 582. The van der Waals surface area contributed by atoms with E-state index in [1.165, 1.54) is 10.4 Å². The minimum atomic E-state index is -0.125. The van der Waals surface area contributed by atoms with Crippen molar-refractivity contribution < 1.29 is 4.79 Å². The van der Waals surface area contributed by atoms with Crippen LogP contribution in [0.4, 0.5) is 4.79 Å². The fourth-order valence-electron chi connectivity index (χ4n) is 2.52. The van der Waals surface area contributed by atoms with E-state index in [1.54, 1.807) is 17.5 Å². The van der Waals surface area contributed by atoms with Crippen LogP contribution in [0.25, 0.3) is 0 Å². The van der Waals surface area contributed by atoms with Crippen molar-refractivity contribution in [3.8, 4) is 0 Å². The summed E-state index contributed by atoms with van der Waals surface area (Å²) >= 11 is 1.78. The highest BCUT2D eigenvalue weighted by molar-refractivity contribution is 7.10. The molecule has 2 N–H and O–H groups in total. The summed E-state index contributed by atoms with van der Waals surface area (Å²) in [5.74, 6) is 0. The van der Waals surface area contributed by atoms with Crippen molar-refractivity contribution in [3.63, 3.8) is 0 Å². The monoisotopic (exact) mass is 287 g/mol. The molecule has 0 aliphatic heterocycles. The number of nitrogens with one attached hydrogen (secondary N) is 2. The molecule has 2 amide bonds. The van der Waals surface area contributed by atoms with Crippen LogP contribution >= 0.6 is 11.3 Å². The molecule has 0 saturated carbocycles. The van der Waals surface area contributed by atoms with E-state index >= 15 is 0 Å². The van der Waals surface area contributed by atoms with E-state index in [0.29, 0.717) is 6.54 Å². The van der Waals surface area contributed by atoms with Crippen LogP contribution in [0.5, 0.6) is 0 Å². The first-order valence-corrected chi connectivity index (χ1v) is 7.71. The molecule has 3 rings (SSSR count). The summed E-state index contributed by atoms with van der Waals surface area (Å²) in [5.41, 5.74) is 2.15. The van der Waals surface area contributed by atoms with Crippen LogP contribution in [-0.2, 0) is 13.0 Å². The average Bonchev–Trinajstić information content (AvgIpc) is 2.96. The molecular formula is C15H17N3OS. The minimum absolute atomic E-state index is 0.125. The van der Waals surface area contributed by atoms with Gasteiger partial charge in [-0.2, -0.15) is 0 Å². The molecule has 1 atom stereocenters. The van der Waals surface area contributed by atoms with Crippen LogP contribution in [0.2, 0.25) is 0 Å². The lowest BCUT2D eigenvalue weighted by Gasteiger charge is -2.23. The molecule has 1 unspecified atom stereocenters. The summed E-state index contributed by atoms with van der Waals surface area (Å²) in [5, 5.41) is 8.03. The Kier molecular flexibility index (Phi) is 3.97. The van der Waals surface area contributed by atoms with Crippen LogP contribution in [0.15, 0.2) is 35.8 Å². The van der Waals surface area contributed by atoms with Gasteiger partial charge in [0.05, 0.1) is 18.3 Å². The van der Waals surface area contributed by atoms with Crippen molar-refractivity contribution in [2.45, 2.75) is 31.8 Å². The zero-order valence-corrected chi connectivity index (χ0v) is 12.0. The third kappa shape index (κ3) is 2.99. The summed E-state index contributed by atoms with van der Waals surface area (Å²) in [6.07, 6.45) is 5.02. The second-order valence-corrected chi connectivity index (χ2v) is 5.89. The van der Waals surface area contributed by atoms with Gasteiger partial charge >= 0.3 is 6.03 Å². The van der Waals surface area contributed by atoms with E-state index in [2.05, 4.69) is 27.1 Å². The molecule has 0 spiro atoms. The van der Waals surface area contributed by atoms with Crippen molar-refractivity contribution in [1.82, 2.24) is 15.6 Å². The number of urea groups is 1. The normalized spacial score (nSPS) is 17.3. The van der Waals surface area contributed by atoms with Crippen LogP contribution in [0, 0.1) is 0 Å². The van der Waals surface area contributed by atoms with Gasteiger partial charge in [-0.15, -0.1) is 11.3 Å². The van der Waals surface area contributed by atoms with Crippen molar-refractivity contribution in [3.05, 3.63) is 52.0 Å². The zero-order valence-electron chi connectivity index (χ0n) is 11.1. The molecule has 0 fully saturated rings. The van der Waals surface area contributed by atoms with Gasteiger partial charge in [-0.05, 0) is 48.4 Å². The Morgan fingerprint density at radius 2 is 2.35 bits per heavy atom. The summed E-state index contributed by atoms with van der Waals surface area (Å²) < 4.78 is 0. The van der Waals surface area contributed by atoms with E-state index in [-0.39, 0.29) is 12.1 Å². The SMILES string of the molecule is O=C(NCc1ccccn1)NC1CCCc2sccc21. The highest BCUT2D eigenvalue weighted by atomic mass is 32.1. The first-order chi connectivity index (χ1) is 9.83. The summed E-state index contributed by atoms with van der Waals surface area (Å²) in [7, 11) is 0. The fraction of sp³-hybridized carbons (Fsp3) is 0.333. The maximum Gasteiger partial charge on any atom is 0.315 e. The number of nitrogens with zero attached hydrogens (tertiary/aromatic N) is 1. The molecule has 0 aromatic carbocycles. The molecule has 0 bridgehead atoms. The Morgan fingerprint density at radius 3 is 3.20 bits per heavy atom. The molecule has 2 aromatic heterocycles. The van der Waals surface area contributed by atoms with Crippen molar-refractivity contribution in [2.75, 3.05) is 0 Å². The largest absolute Gasteiger partial charge is 0.332 e. The number of hydrogen-bond donors (Lipinski definition) is 2. The smallest absolute Gasteiger partial charge is 0.315 e. The van der Waals surface area contributed by atoms with Gasteiger partial charge in [-0.3, -0.25) is 4.98 Å². The number of hydrogen-bond acceptors (Lipinski definition) is 3. The second kappa shape index (κ2) is 6.05. The summed E-state index contributed by atoms with van der Waals surface area (Å²) in [6.45, 7) is 0.454. The average molecular weight is 287 g/mol. The molecule has 5 heteroatoms. The van der Waals surface area contributed by atoms with E-state index < -0.39 is 0 Å². The first-order valence-electron chi connectivity index (χ1n) is 6.83. The highest BCUT2D eigenvalue weighted by Gasteiger charge is 2.22. The lowest BCUT2D eigenvalue weighted by Crippen LogP contribution is -2.38. The number of fused-ring (bicyclic) bond motifs is 1. The van der Waals surface area contributed by atoms with Crippen LogP contribution < -0.4 is 10.6 Å². The van der Waals surface area contributed by atoms with Crippen LogP contribution in [0.1, 0.15) is 35.0 Å². The number of carbonyl (C=O) groups is 1. The standard InChI is InChI=1S/C15H17N3OS/c19-15(17-10-11-4-1-2-8-16-11)18-13-5-3-6-14-12(13)7-9-20-14/h1-2,4,7-9,13H,3,5-6,10H2,(H2,17,18,19). The third-order valence-electron chi connectivity index (χ3n) is 3.51. The van der Waals surface area contributed by atoms with Crippen molar-refractivity contribution >= 4 is 17.4 Å². The van der Waals surface area contributed by atoms with E-state index in [0.717, 1.165) is 25.0 Å². The maximum atomic E-state index is 12.0. The molecule has 20 heavy (non-hydrogen) atoms. The number of thiophene rings is 1. The summed E-state index contributed by atoms with van der Waals surface area (Å²) in [6, 6.07) is 7.83. The van der Waals surface area contributed by atoms with Gasteiger partial charge in [-0.1, -0.05) is 6.07 Å². The molecule has 1 aliphatic rings. The van der Waals surface area contributed by atoms with E-state index in [9.17, 15) is 4.79 Å². The number of pyridine rings is 1. The summed E-state index contributed by atoms with van der Waals surface area (Å²) in [4.78, 5) is 17.6. The number of amides is 2. The molecule has 0 saturated heterocycles. The van der Waals surface area contributed by atoms with Gasteiger partial charge < -0.3 is 10.6 Å². The van der Waals surface area contributed by atoms with Gasteiger partial charge in [0.15, 0.2) is 0 Å². The van der Waals surface area contributed by atoms with Crippen LogP contribution in [0.3, 0.4) is 0 Å². The predicted octanol–water partition coefficient (Wildman–Crippen LogP) is 3.02. The minimum Gasteiger partial charge on any atom is -0.332 e. The molecule has 0 radical (unpaired) electrons. The van der Waals surface area contributed by atoms with Gasteiger partial charge in [0.25, 0.3) is 0 Å². The Balaban J connectivity index is 1.55. The molecular weight excluding hydrogens is 270 g/mol. The molecule has 4 nitrogen and oxygen atoms in total. The van der Waals surface area contributed by atoms with Crippen LogP contribution in [-0.4, -0.2) is 11.0 Å². The van der Waals surface area contributed by atoms with Gasteiger partial charge in [0.2, 0.25) is 0 Å². The fourth-order valence-corrected chi connectivity index (χ4v) is 3.51. The van der Waals surface area contributed by atoms with E-state index in [1.807, 2.05) is 18.2 Å². The maximum absolute atomic E-state index is 12.0. The van der Waals surface area contributed by atoms with Gasteiger partial charge in [-0.25, -0.2) is 4.79 Å². The second-order valence-electron chi connectivity index (χ2n) is 4.89. The molecule has 2 aromatic rings. The van der Waals surface area contributed by atoms with E-state index in [4.69, 9.17) is 0 Å². The lowest BCUT2D eigenvalue weighted by molar-refractivity contribution is 0.235. The molecule has 104 valence electrons. The zero-order chi connectivity index (χ0) is 13.8. The topological polar surface area (TPSA) is 54.0 Å². The quantitative estimate of drug-likeness (QED) is 0.911. The third-order valence-corrected chi connectivity index (χ3v) is 4.51. The number of aromatic nitrogens is 1. The highest BCUT2D eigenvalue weighted by Crippen LogP contribution is 2.33. The Morgan fingerprint density at radius 1 is 1.40 bits per heavy atom. The number of aryl methyl sites for hydroxylation is 1. The number of rotatable bonds is 3. The molecule has 2 heterocycles. The first kappa shape index (κ1) is 13.1. The lowest BCUT2D eigenvalue weighted by atomic mass is 9.94. The van der Waals surface area contributed by atoms with Gasteiger partial charge in [0, 0.05) is 11.1 Å². The van der Waals surface area contributed by atoms with Gasteiger partial charge in [0.1, 0.15) is 0 Å².